The summed E-state index contributed by atoms with van der Waals surface area (Å²) in [6.07, 6.45) is 5.66. The number of rotatable bonds is 1. The van der Waals surface area contributed by atoms with Crippen molar-refractivity contribution in [1.29, 1.82) is 0 Å². The minimum atomic E-state index is 0.171. The molecule has 0 radical (unpaired) electrons. The first-order chi connectivity index (χ1) is 11.3. The smallest absolute Gasteiger partial charge is 0.140 e. The molecule has 5 nitrogen and oxygen atoms in total. The summed E-state index contributed by atoms with van der Waals surface area (Å²) >= 11 is 9.58. The van der Waals surface area contributed by atoms with Crippen LogP contribution in [0.25, 0.3) is 5.65 Å². The van der Waals surface area contributed by atoms with Gasteiger partial charge in [0.2, 0.25) is 0 Å². The highest BCUT2D eigenvalue weighted by Gasteiger charge is 1.95. The SMILES string of the molecule is CC(=O)CBr.Cc1cn2cc(Br)ccc2n1.Nc1ccc(Br)cn1. The highest BCUT2D eigenvalue weighted by Crippen LogP contribution is 2.11. The minimum absolute atomic E-state index is 0.171. The van der Waals surface area contributed by atoms with Crippen LogP contribution in [-0.4, -0.2) is 25.5 Å². The van der Waals surface area contributed by atoms with E-state index >= 15 is 0 Å². The van der Waals surface area contributed by atoms with Crippen LogP contribution in [0.3, 0.4) is 0 Å². The first-order valence-corrected chi connectivity index (χ1v) is 9.56. The van der Waals surface area contributed by atoms with E-state index in [0.29, 0.717) is 11.1 Å². The number of nitrogen functional groups attached to an aromatic ring is 1. The van der Waals surface area contributed by atoms with Crippen molar-refractivity contribution in [1.82, 2.24) is 14.4 Å². The molecule has 0 saturated carbocycles. The summed E-state index contributed by atoms with van der Waals surface area (Å²) in [6, 6.07) is 7.56. The van der Waals surface area contributed by atoms with Gasteiger partial charge in [0.25, 0.3) is 0 Å². The number of ketones is 1. The molecule has 8 heteroatoms. The number of anilines is 1. The molecule has 0 fully saturated rings. The maximum Gasteiger partial charge on any atom is 0.140 e. The number of pyridine rings is 2. The van der Waals surface area contributed by atoms with E-state index in [4.69, 9.17) is 5.73 Å². The van der Waals surface area contributed by atoms with Crippen LogP contribution in [0.1, 0.15) is 12.6 Å². The number of nitrogens with zero attached hydrogens (tertiary/aromatic N) is 3. The van der Waals surface area contributed by atoms with Gasteiger partial charge in [-0.2, -0.15) is 0 Å². The second-order valence-electron chi connectivity index (χ2n) is 4.73. The Morgan fingerprint density at radius 2 is 1.79 bits per heavy atom. The van der Waals surface area contributed by atoms with E-state index in [1.807, 2.05) is 41.9 Å². The molecule has 128 valence electrons. The van der Waals surface area contributed by atoms with Crippen LogP contribution in [0.15, 0.2) is 51.8 Å². The Morgan fingerprint density at radius 1 is 1.17 bits per heavy atom. The molecule has 0 aliphatic heterocycles. The monoisotopic (exact) mass is 518 g/mol. The van der Waals surface area contributed by atoms with E-state index in [9.17, 15) is 4.79 Å². The lowest BCUT2D eigenvalue weighted by atomic mass is 10.5. The van der Waals surface area contributed by atoms with Gasteiger partial charge in [0.1, 0.15) is 17.2 Å². The van der Waals surface area contributed by atoms with E-state index in [1.54, 1.807) is 12.3 Å². The van der Waals surface area contributed by atoms with Crippen molar-refractivity contribution in [3.05, 3.63) is 57.5 Å². The summed E-state index contributed by atoms with van der Waals surface area (Å²) in [7, 11) is 0. The molecule has 0 aromatic carbocycles. The van der Waals surface area contributed by atoms with E-state index in [-0.39, 0.29) is 5.78 Å². The number of aromatic nitrogens is 3. The van der Waals surface area contributed by atoms with Crippen molar-refractivity contribution in [2.75, 3.05) is 11.1 Å². The van der Waals surface area contributed by atoms with Crippen molar-refractivity contribution in [2.24, 2.45) is 0 Å². The second-order valence-corrected chi connectivity index (χ2v) is 7.12. The maximum atomic E-state index is 9.77. The lowest BCUT2D eigenvalue weighted by Gasteiger charge is -1.91. The van der Waals surface area contributed by atoms with Crippen LogP contribution in [0.5, 0.6) is 0 Å². The van der Waals surface area contributed by atoms with Crippen LogP contribution in [-0.2, 0) is 4.79 Å². The molecule has 3 rings (SSSR count). The minimum Gasteiger partial charge on any atom is -0.384 e. The Morgan fingerprint density at radius 3 is 2.29 bits per heavy atom. The predicted octanol–water partition coefficient (Wildman–Crippen LogP) is 4.80. The van der Waals surface area contributed by atoms with Gasteiger partial charge in [-0.15, -0.1) is 0 Å². The number of carbonyl (C=O) groups is 1. The van der Waals surface area contributed by atoms with Crippen LogP contribution in [0, 0.1) is 6.92 Å². The normalized spacial score (nSPS) is 9.54. The lowest BCUT2D eigenvalue weighted by molar-refractivity contribution is -0.114. The van der Waals surface area contributed by atoms with Crippen molar-refractivity contribution >= 4 is 65.0 Å². The summed E-state index contributed by atoms with van der Waals surface area (Å²) in [6.45, 7) is 3.52. The van der Waals surface area contributed by atoms with Crippen LogP contribution in [0.4, 0.5) is 5.82 Å². The molecule has 2 N–H and O–H groups in total. The Kier molecular flexibility index (Phi) is 9.17. The Bertz CT molecular complexity index is 767. The number of fused-ring (bicyclic) bond motifs is 1. The number of hydrogen-bond acceptors (Lipinski definition) is 4. The summed E-state index contributed by atoms with van der Waals surface area (Å²) in [5.74, 6) is 0.721. The van der Waals surface area contributed by atoms with E-state index in [1.165, 1.54) is 6.92 Å². The van der Waals surface area contributed by atoms with Crippen molar-refractivity contribution in [2.45, 2.75) is 13.8 Å². The molecule has 24 heavy (non-hydrogen) atoms. The van der Waals surface area contributed by atoms with E-state index in [0.717, 1.165) is 20.3 Å². The summed E-state index contributed by atoms with van der Waals surface area (Å²) < 4.78 is 4.02. The largest absolute Gasteiger partial charge is 0.384 e. The Labute approximate surface area is 166 Å². The van der Waals surface area contributed by atoms with Crippen molar-refractivity contribution in [3.8, 4) is 0 Å². The highest BCUT2D eigenvalue weighted by atomic mass is 79.9. The molecule has 0 atom stereocenters. The zero-order chi connectivity index (χ0) is 18.1. The third-order valence-electron chi connectivity index (χ3n) is 2.47. The van der Waals surface area contributed by atoms with Crippen LogP contribution in [0.2, 0.25) is 0 Å². The van der Waals surface area contributed by atoms with Gasteiger partial charge in [-0.3, -0.25) is 4.79 Å². The first-order valence-electron chi connectivity index (χ1n) is 6.85. The van der Waals surface area contributed by atoms with Gasteiger partial charge in [0, 0.05) is 27.5 Å². The summed E-state index contributed by atoms with van der Waals surface area (Å²) in [5.41, 5.74) is 7.33. The molecule has 0 bridgehead atoms. The van der Waals surface area contributed by atoms with Crippen molar-refractivity contribution in [3.63, 3.8) is 0 Å². The Balaban J connectivity index is 0.000000196. The van der Waals surface area contributed by atoms with E-state index in [2.05, 4.69) is 57.8 Å². The second kappa shape index (κ2) is 10.6. The van der Waals surface area contributed by atoms with Crippen molar-refractivity contribution < 1.29 is 4.79 Å². The van der Waals surface area contributed by atoms with Gasteiger partial charge in [0.15, 0.2) is 0 Å². The standard InChI is InChI=1S/C8H7BrN2.C5H5BrN2.C3H5BrO/c1-6-4-11-5-7(9)2-3-8(11)10-6;6-4-1-2-5(7)8-3-4;1-3(5)2-4/h2-5H,1H3;1-3H,(H2,7,8);2H2,1H3. The maximum absolute atomic E-state index is 9.77. The fourth-order valence-electron chi connectivity index (χ4n) is 1.48. The van der Waals surface area contributed by atoms with Crippen LogP contribution < -0.4 is 5.73 Å². The summed E-state index contributed by atoms with van der Waals surface area (Å²) in [5, 5.41) is 0.479. The molecule has 0 saturated heterocycles. The molecule has 0 unspecified atom stereocenters. The molecular formula is C16H17Br3N4O. The molecule has 3 aromatic rings. The fraction of sp³-hybridized carbons (Fsp3) is 0.188. The molecule has 0 aliphatic rings. The van der Waals surface area contributed by atoms with Gasteiger partial charge in [-0.1, -0.05) is 15.9 Å². The predicted molar refractivity (Wildman–Crippen MR) is 108 cm³/mol. The number of alkyl halides is 1. The number of hydrogen-bond donors (Lipinski definition) is 1. The molecule has 3 heterocycles. The molecular weight excluding hydrogens is 504 g/mol. The fourth-order valence-corrected chi connectivity index (χ4v) is 2.07. The third-order valence-corrected chi connectivity index (χ3v) is 4.20. The number of Topliss-reactive ketones (excluding diaryl/α,β-unsaturated/α-hetero) is 1. The van der Waals surface area contributed by atoms with Crippen LogP contribution >= 0.6 is 47.8 Å². The number of aryl methyl sites for hydroxylation is 1. The molecule has 3 aromatic heterocycles. The number of nitrogens with two attached hydrogens (primary N) is 1. The number of halogens is 3. The average molecular weight is 521 g/mol. The lowest BCUT2D eigenvalue weighted by Crippen LogP contribution is -1.86. The number of imidazole rings is 1. The van der Waals surface area contributed by atoms with Gasteiger partial charge in [-0.05, 0) is 70.0 Å². The van der Waals surface area contributed by atoms with Gasteiger partial charge in [0.05, 0.1) is 11.0 Å². The average Bonchev–Trinajstić information content (AvgIpc) is 2.90. The third kappa shape index (κ3) is 8.03. The van der Waals surface area contributed by atoms with Gasteiger partial charge in [-0.25, -0.2) is 9.97 Å². The zero-order valence-electron chi connectivity index (χ0n) is 13.2. The van der Waals surface area contributed by atoms with Gasteiger partial charge < -0.3 is 10.1 Å². The van der Waals surface area contributed by atoms with Gasteiger partial charge >= 0.3 is 0 Å². The Hall–Kier alpha value is -1.25. The van der Waals surface area contributed by atoms with E-state index < -0.39 is 0 Å². The molecule has 0 spiro atoms. The first kappa shape index (κ1) is 20.8. The molecule has 0 amide bonds. The topological polar surface area (TPSA) is 73.3 Å². The zero-order valence-corrected chi connectivity index (χ0v) is 18.0. The molecule has 0 aliphatic carbocycles. The quantitative estimate of drug-likeness (QED) is 0.468. The highest BCUT2D eigenvalue weighted by molar-refractivity contribution is 9.10. The number of carbonyl (C=O) groups excluding carboxylic acids is 1. The summed E-state index contributed by atoms with van der Waals surface area (Å²) in [4.78, 5) is 17.9.